The molecular weight excluding hydrogens is 266 g/mol. The maximum absolute atomic E-state index is 12.0. The molecule has 6 heteroatoms. The molecule has 0 aromatic carbocycles. The van der Waals surface area contributed by atoms with Crippen LogP contribution in [-0.4, -0.2) is 30.9 Å². The molecule has 1 aromatic rings. The van der Waals surface area contributed by atoms with Crippen molar-refractivity contribution >= 4 is 33.0 Å². The Hall–Kier alpha value is -0.100. The van der Waals surface area contributed by atoms with Gasteiger partial charge in [-0.15, -0.1) is 22.9 Å². The first-order valence-corrected chi connectivity index (χ1v) is 7.89. The van der Waals surface area contributed by atoms with Crippen LogP contribution in [0.4, 0.5) is 0 Å². The number of hydrogen-bond donors (Lipinski definition) is 0. The molecule has 0 aliphatic carbocycles. The molecule has 1 rings (SSSR count). The molecule has 16 heavy (non-hydrogen) atoms. The fourth-order valence-corrected chi connectivity index (χ4v) is 3.94. The van der Waals surface area contributed by atoms with Gasteiger partial charge in [0.1, 0.15) is 0 Å². The molecule has 0 aliphatic rings. The molecule has 2 atom stereocenters. The lowest BCUT2D eigenvalue weighted by Gasteiger charge is -2.26. The monoisotopic (exact) mass is 281 g/mol. The lowest BCUT2D eigenvalue weighted by Crippen LogP contribution is -2.36. The fourth-order valence-electron chi connectivity index (χ4n) is 1.29. The van der Waals surface area contributed by atoms with Crippen molar-refractivity contribution in [1.29, 1.82) is 0 Å². The molecule has 0 aliphatic heterocycles. The number of halogens is 1. The number of hydrogen-bond acceptors (Lipinski definition) is 3. The van der Waals surface area contributed by atoms with Crippen LogP contribution in [0.3, 0.4) is 0 Å². The summed E-state index contributed by atoms with van der Waals surface area (Å²) in [4.78, 5) is 1.04. The third-order valence-corrected chi connectivity index (χ3v) is 6.62. The highest BCUT2D eigenvalue weighted by atomic mass is 35.5. The van der Waals surface area contributed by atoms with Gasteiger partial charge in [-0.3, -0.25) is 0 Å². The Morgan fingerprint density at radius 2 is 2.12 bits per heavy atom. The van der Waals surface area contributed by atoms with Gasteiger partial charge in [-0.25, -0.2) is 8.42 Å². The molecule has 1 aromatic heterocycles. The fraction of sp³-hybridized carbons (Fsp3) is 0.600. The first-order valence-electron chi connectivity index (χ1n) is 4.97. The van der Waals surface area contributed by atoms with Crippen LogP contribution in [0, 0.1) is 0 Å². The molecule has 0 radical (unpaired) electrons. The van der Waals surface area contributed by atoms with Gasteiger partial charge in [0, 0.05) is 17.8 Å². The summed E-state index contributed by atoms with van der Waals surface area (Å²) in [5.41, 5.74) is 0. The lowest BCUT2D eigenvalue weighted by molar-refractivity contribution is 0.398. The molecule has 0 N–H and O–H groups in total. The first kappa shape index (κ1) is 14.0. The predicted octanol–water partition coefficient (Wildman–Crippen LogP) is 2.70. The number of thiophene rings is 1. The summed E-state index contributed by atoms with van der Waals surface area (Å²) in [6.45, 7) is 3.50. The van der Waals surface area contributed by atoms with Gasteiger partial charge in [0.2, 0.25) is 10.0 Å². The summed E-state index contributed by atoms with van der Waals surface area (Å²) < 4.78 is 25.5. The lowest BCUT2D eigenvalue weighted by atomic mass is 10.3. The summed E-state index contributed by atoms with van der Waals surface area (Å²) in [6.07, 6.45) is 0. The van der Waals surface area contributed by atoms with E-state index in [2.05, 4.69) is 0 Å². The van der Waals surface area contributed by atoms with E-state index in [1.807, 2.05) is 24.4 Å². The Morgan fingerprint density at radius 1 is 1.50 bits per heavy atom. The number of nitrogens with zero attached hydrogens (tertiary/aromatic N) is 1. The molecule has 0 amide bonds. The SMILES string of the molecule is CC(c1cccs1)N(C)S(=O)(=O)C(C)CCl. The van der Waals surface area contributed by atoms with E-state index >= 15 is 0 Å². The zero-order valence-corrected chi connectivity index (χ0v) is 11.9. The minimum Gasteiger partial charge on any atom is -0.212 e. The Balaban J connectivity index is 2.90. The molecule has 2 unspecified atom stereocenters. The van der Waals surface area contributed by atoms with Crippen molar-refractivity contribution < 1.29 is 8.42 Å². The summed E-state index contributed by atoms with van der Waals surface area (Å²) in [5, 5.41) is 1.39. The maximum Gasteiger partial charge on any atom is 0.218 e. The van der Waals surface area contributed by atoms with Gasteiger partial charge in [-0.1, -0.05) is 6.07 Å². The topological polar surface area (TPSA) is 37.4 Å². The van der Waals surface area contributed by atoms with Gasteiger partial charge < -0.3 is 0 Å². The van der Waals surface area contributed by atoms with Crippen LogP contribution < -0.4 is 0 Å². The molecule has 0 fully saturated rings. The Labute approximate surface area is 106 Å². The molecule has 0 spiro atoms. The van der Waals surface area contributed by atoms with E-state index in [4.69, 9.17) is 11.6 Å². The molecule has 92 valence electrons. The highest BCUT2D eigenvalue weighted by Gasteiger charge is 2.29. The molecule has 0 saturated heterocycles. The second-order valence-electron chi connectivity index (χ2n) is 3.72. The van der Waals surface area contributed by atoms with Crippen molar-refractivity contribution in [2.24, 2.45) is 0 Å². The smallest absolute Gasteiger partial charge is 0.212 e. The van der Waals surface area contributed by atoms with Gasteiger partial charge >= 0.3 is 0 Å². The number of alkyl halides is 1. The number of sulfonamides is 1. The molecule has 0 bridgehead atoms. The van der Waals surface area contributed by atoms with Gasteiger partial charge in [0.05, 0.1) is 11.3 Å². The van der Waals surface area contributed by atoms with E-state index in [1.54, 1.807) is 25.3 Å². The maximum atomic E-state index is 12.0. The standard InChI is InChI=1S/C10H16ClNO2S2/c1-8(7-11)16(13,14)12(3)9(2)10-5-4-6-15-10/h4-6,8-9H,7H2,1-3H3. The van der Waals surface area contributed by atoms with Crippen LogP contribution in [-0.2, 0) is 10.0 Å². The van der Waals surface area contributed by atoms with Crippen molar-refractivity contribution in [2.75, 3.05) is 12.9 Å². The predicted molar refractivity (Wildman–Crippen MR) is 69.6 cm³/mol. The van der Waals surface area contributed by atoms with Crippen LogP contribution in [0.2, 0.25) is 0 Å². The van der Waals surface area contributed by atoms with E-state index < -0.39 is 15.3 Å². The first-order chi connectivity index (χ1) is 7.41. The highest BCUT2D eigenvalue weighted by Crippen LogP contribution is 2.27. The van der Waals surface area contributed by atoms with Gasteiger partial charge in [0.25, 0.3) is 0 Å². The minimum atomic E-state index is -3.31. The zero-order valence-electron chi connectivity index (χ0n) is 9.55. The van der Waals surface area contributed by atoms with Crippen LogP contribution in [0.25, 0.3) is 0 Å². The second kappa shape index (κ2) is 5.49. The number of rotatable bonds is 5. The minimum absolute atomic E-state index is 0.115. The largest absolute Gasteiger partial charge is 0.218 e. The average molecular weight is 282 g/mol. The van der Waals surface area contributed by atoms with Crippen LogP contribution >= 0.6 is 22.9 Å². The Kier molecular flexibility index (Phi) is 4.79. The summed E-state index contributed by atoms with van der Waals surface area (Å²) >= 11 is 7.16. The summed E-state index contributed by atoms with van der Waals surface area (Å²) in [6, 6.07) is 3.71. The Morgan fingerprint density at radius 3 is 2.56 bits per heavy atom. The third-order valence-electron chi connectivity index (χ3n) is 2.63. The van der Waals surface area contributed by atoms with Gasteiger partial charge in [-0.2, -0.15) is 4.31 Å². The quantitative estimate of drug-likeness (QED) is 0.778. The van der Waals surface area contributed by atoms with E-state index in [0.29, 0.717) is 0 Å². The van der Waals surface area contributed by atoms with E-state index in [-0.39, 0.29) is 11.9 Å². The van der Waals surface area contributed by atoms with Gasteiger partial charge in [0.15, 0.2) is 0 Å². The van der Waals surface area contributed by atoms with E-state index in [9.17, 15) is 8.42 Å². The zero-order chi connectivity index (χ0) is 12.3. The summed E-state index contributed by atoms with van der Waals surface area (Å²) in [5.74, 6) is 0.115. The second-order valence-corrected chi connectivity index (χ2v) is 7.42. The van der Waals surface area contributed by atoms with Gasteiger partial charge in [-0.05, 0) is 25.3 Å². The van der Waals surface area contributed by atoms with Crippen LogP contribution in [0.5, 0.6) is 0 Å². The van der Waals surface area contributed by atoms with Crippen LogP contribution in [0.1, 0.15) is 24.8 Å². The van der Waals surface area contributed by atoms with Crippen LogP contribution in [0.15, 0.2) is 17.5 Å². The molecular formula is C10H16ClNO2S2. The summed E-state index contributed by atoms with van der Waals surface area (Å²) in [7, 11) is -1.71. The van der Waals surface area contributed by atoms with E-state index in [0.717, 1.165) is 4.88 Å². The Bertz CT molecular complexity index is 416. The van der Waals surface area contributed by atoms with Crippen molar-refractivity contribution in [1.82, 2.24) is 4.31 Å². The highest BCUT2D eigenvalue weighted by molar-refractivity contribution is 7.89. The van der Waals surface area contributed by atoms with Crippen molar-refractivity contribution in [3.8, 4) is 0 Å². The normalized spacial score (nSPS) is 16.3. The van der Waals surface area contributed by atoms with Crippen molar-refractivity contribution in [3.63, 3.8) is 0 Å². The molecule has 1 heterocycles. The van der Waals surface area contributed by atoms with Crippen molar-refractivity contribution in [2.45, 2.75) is 25.1 Å². The molecule has 0 saturated carbocycles. The molecule has 3 nitrogen and oxygen atoms in total. The van der Waals surface area contributed by atoms with E-state index in [1.165, 1.54) is 4.31 Å². The van der Waals surface area contributed by atoms with Crippen molar-refractivity contribution in [3.05, 3.63) is 22.4 Å². The third kappa shape index (κ3) is 2.77. The average Bonchev–Trinajstić information content (AvgIpc) is 2.79.